The molecule has 1 aliphatic rings. The van der Waals surface area contributed by atoms with Crippen LogP contribution in [0.4, 0.5) is 0 Å². The van der Waals surface area contributed by atoms with Crippen molar-refractivity contribution in [1.29, 1.82) is 0 Å². The summed E-state index contributed by atoms with van der Waals surface area (Å²) >= 11 is 0. The van der Waals surface area contributed by atoms with Gasteiger partial charge in [-0.3, -0.25) is 4.90 Å². The summed E-state index contributed by atoms with van der Waals surface area (Å²) in [5, 5.41) is 4.05. The van der Waals surface area contributed by atoms with Crippen LogP contribution in [0.3, 0.4) is 0 Å². The largest absolute Gasteiger partial charge is 0.338 e. The van der Waals surface area contributed by atoms with E-state index in [1.807, 2.05) is 12.5 Å². The molecule has 114 valence electrons. The van der Waals surface area contributed by atoms with E-state index in [0.29, 0.717) is 6.04 Å². The number of aryl methyl sites for hydroxylation is 1. The molecule has 0 N–H and O–H groups in total. The molecule has 2 aromatic rings. The number of likely N-dealkylation sites (tertiary alicyclic amines) is 1. The van der Waals surface area contributed by atoms with E-state index in [4.69, 9.17) is 4.52 Å². The van der Waals surface area contributed by atoms with E-state index < -0.39 is 0 Å². The summed E-state index contributed by atoms with van der Waals surface area (Å²) in [6.45, 7) is 6.38. The minimum Gasteiger partial charge on any atom is -0.338 e. The Labute approximate surface area is 125 Å². The normalized spacial score (nSPS) is 19.0. The van der Waals surface area contributed by atoms with Gasteiger partial charge < -0.3 is 9.09 Å². The fourth-order valence-corrected chi connectivity index (χ4v) is 2.98. The minimum absolute atomic E-state index is 0.201. The SMILES string of the molecule is CCCc1noc(C(C)N2CCC(n3ccnc3)CC2)n1. The summed E-state index contributed by atoms with van der Waals surface area (Å²) in [6.07, 6.45) is 10.0. The fraction of sp³-hybridized carbons (Fsp3) is 0.667. The van der Waals surface area contributed by atoms with Crippen molar-refractivity contribution in [3.05, 3.63) is 30.4 Å². The van der Waals surface area contributed by atoms with Gasteiger partial charge in [-0.2, -0.15) is 4.98 Å². The predicted molar refractivity (Wildman–Crippen MR) is 78.8 cm³/mol. The van der Waals surface area contributed by atoms with Crippen LogP contribution >= 0.6 is 0 Å². The molecule has 2 aromatic heterocycles. The smallest absolute Gasteiger partial charge is 0.243 e. The summed E-state index contributed by atoms with van der Waals surface area (Å²) in [5.74, 6) is 1.58. The Hall–Kier alpha value is -1.69. The molecular formula is C15H23N5O. The van der Waals surface area contributed by atoms with Crippen LogP contribution in [-0.4, -0.2) is 37.7 Å². The first-order valence-electron chi connectivity index (χ1n) is 7.82. The van der Waals surface area contributed by atoms with Crippen molar-refractivity contribution in [1.82, 2.24) is 24.6 Å². The highest BCUT2D eigenvalue weighted by Crippen LogP contribution is 2.28. The second kappa shape index (κ2) is 6.39. The van der Waals surface area contributed by atoms with Gasteiger partial charge in [-0.25, -0.2) is 4.98 Å². The van der Waals surface area contributed by atoms with Crippen molar-refractivity contribution in [2.45, 2.75) is 51.6 Å². The third-order valence-electron chi connectivity index (χ3n) is 4.31. The molecule has 0 radical (unpaired) electrons. The first kappa shape index (κ1) is 14.3. The monoisotopic (exact) mass is 289 g/mol. The Morgan fingerprint density at radius 1 is 1.38 bits per heavy atom. The van der Waals surface area contributed by atoms with Gasteiger partial charge in [-0.1, -0.05) is 12.1 Å². The Balaban J connectivity index is 1.58. The van der Waals surface area contributed by atoms with Gasteiger partial charge in [0.25, 0.3) is 0 Å². The van der Waals surface area contributed by atoms with Gasteiger partial charge in [-0.15, -0.1) is 0 Å². The lowest BCUT2D eigenvalue weighted by Crippen LogP contribution is -2.36. The molecule has 0 spiro atoms. The zero-order valence-electron chi connectivity index (χ0n) is 12.8. The molecule has 0 amide bonds. The molecule has 21 heavy (non-hydrogen) atoms. The Kier molecular flexibility index (Phi) is 4.34. The zero-order valence-corrected chi connectivity index (χ0v) is 12.8. The van der Waals surface area contributed by atoms with E-state index in [2.05, 4.69) is 44.6 Å². The fourth-order valence-electron chi connectivity index (χ4n) is 2.98. The average molecular weight is 289 g/mol. The molecule has 3 rings (SSSR count). The van der Waals surface area contributed by atoms with E-state index in [1.54, 1.807) is 0 Å². The summed E-state index contributed by atoms with van der Waals surface area (Å²) < 4.78 is 7.63. The van der Waals surface area contributed by atoms with Crippen LogP contribution < -0.4 is 0 Å². The van der Waals surface area contributed by atoms with Gasteiger partial charge in [0.1, 0.15) is 0 Å². The van der Waals surface area contributed by atoms with E-state index in [-0.39, 0.29) is 6.04 Å². The van der Waals surface area contributed by atoms with Crippen molar-refractivity contribution in [2.75, 3.05) is 13.1 Å². The summed E-state index contributed by atoms with van der Waals surface area (Å²) in [7, 11) is 0. The third-order valence-corrected chi connectivity index (χ3v) is 4.31. The molecule has 1 unspecified atom stereocenters. The van der Waals surface area contributed by atoms with Crippen molar-refractivity contribution >= 4 is 0 Å². The minimum atomic E-state index is 0.201. The van der Waals surface area contributed by atoms with Crippen molar-refractivity contribution in [2.24, 2.45) is 0 Å². The standard InChI is InChI=1S/C15H23N5O/c1-3-4-14-17-15(21-18-14)12(2)19-8-5-13(6-9-19)20-10-7-16-11-20/h7,10-13H,3-6,8-9H2,1-2H3. The molecule has 0 aromatic carbocycles. The molecule has 6 heteroatoms. The summed E-state index contributed by atoms with van der Waals surface area (Å²) in [4.78, 5) is 11.1. The van der Waals surface area contributed by atoms with E-state index in [9.17, 15) is 0 Å². The average Bonchev–Trinajstić information content (AvgIpc) is 3.19. The Bertz CT molecular complexity index is 542. The molecule has 0 bridgehead atoms. The maximum absolute atomic E-state index is 5.41. The summed E-state index contributed by atoms with van der Waals surface area (Å²) in [6, 6.07) is 0.765. The van der Waals surface area contributed by atoms with Gasteiger partial charge in [0, 0.05) is 37.9 Å². The lowest BCUT2D eigenvalue weighted by atomic mass is 10.0. The molecule has 6 nitrogen and oxygen atoms in total. The van der Waals surface area contributed by atoms with Crippen molar-refractivity contribution < 1.29 is 4.52 Å². The highest BCUT2D eigenvalue weighted by Gasteiger charge is 2.27. The van der Waals surface area contributed by atoms with E-state index >= 15 is 0 Å². The van der Waals surface area contributed by atoms with Crippen LogP contribution in [0.15, 0.2) is 23.2 Å². The number of imidazole rings is 1. The van der Waals surface area contributed by atoms with Crippen molar-refractivity contribution in [3.8, 4) is 0 Å². The second-order valence-corrected chi connectivity index (χ2v) is 5.75. The van der Waals surface area contributed by atoms with E-state index in [0.717, 1.165) is 50.5 Å². The lowest BCUT2D eigenvalue weighted by Gasteiger charge is -2.34. The molecular weight excluding hydrogens is 266 g/mol. The van der Waals surface area contributed by atoms with Crippen LogP contribution in [0.5, 0.6) is 0 Å². The third kappa shape index (κ3) is 3.15. The topological polar surface area (TPSA) is 60.0 Å². The molecule has 1 aliphatic heterocycles. The van der Waals surface area contributed by atoms with Crippen molar-refractivity contribution in [3.63, 3.8) is 0 Å². The van der Waals surface area contributed by atoms with Gasteiger partial charge in [0.15, 0.2) is 5.82 Å². The first-order valence-corrected chi connectivity index (χ1v) is 7.82. The van der Waals surface area contributed by atoms with Crippen LogP contribution in [-0.2, 0) is 6.42 Å². The number of piperidine rings is 1. The molecule has 1 saturated heterocycles. The van der Waals surface area contributed by atoms with Crippen LogP contribution in [0.25, 0.3) is 0 Å². The van der Waals surface area contributed by atoms with E-state index in [1.165, 1.54) is 0 Å². The number of hydrogen-bond donors (Lipinski definition) is 0. The number of nitrogens with zero attached hydrogens (tertiary/aromatic N) is 5. The number of hydrogen-bond acceptors (Lipinski definition) is 5. The van der Waals surface area contributed by atoms with Crippen LogP contribution in [0.1, 0.15) is 56.9 Å². The molecule has 0 saturated carbocycles. The van der Waals surface area contributed by atoms with Crippen LogP contribution in [0, 0.1) is 0 Å². The molecule has 3 heterocycles. The lowest BCUT2D eigenvalue weighted by molar-refractivity contribution is 0.122. The highest BCUT2D eigenvalue weighted by molar-refractivity contribution is 4.94. The first-order chi connectivity index (χ1) is 10.3. The quantitative estimate of drug-likeness (QED) is 0.846. The predicted octanol–water partition coefficient (Wildman–Crippen LogP) is 2.62. The highest BCUT2D eigenvalue weighted by atomic mass is 16.5. The Morgan fingerprint density at radius 2 is 2.19 bits per heavy atom. The zero-order chi connectivity index (χ0) is 14.7. The number of rotatable bonds is 5. The maximum atomic E-state index is 5.41. The van der Waals surface area contributed by atoms with Gasteiger partial charge in [-0.05, 0) is 26.2 Å². The second-order valence-electron chi connectivity index (χ2n) is 5.75. The molecule has 0 aliphatic carbocycles. The summed E-state index contributed by atoms with van der Waals surface area (Å²) in [5.41, 5.74) is 0. The maximum Gasteiger partial charge on any atom is 0.243 e. The van der Waals surface area contributed by atoms with Gasteiger partial charge in [0.2, 0.25) is 5.89 Å². The van der Waals surface area contributed by atoms with Crippen LogP contribution in [0.2, 0.25) is 0 Å². The number of aromatic nitrogens is 4. The van der Waals surface area contributed by atoms with Gasteiger partial charge in [0.05, 0.1) is 12.4 Å². The molecule has 1 atom stereocenters. The Morgan fingerprint density at radius 3 is 2.86 bits per heavy atom. The van der Waals surface area contributed by atoms with Gasteiger partial charge >= 0.3 is 0 Å². The molecule has 1 fully saturated rings.